The van der Waals surface area contributed by atoms with E-state index >= 15 is 0 Å². The van der Waals surface area contributed by atoms with E-state index < -0.39 is 0 Å². The highest BCUT2D eigenvalue weighted by Gasteiger charge is 2.15. The van der Waals surface area contributed by atoms with Gasteiger partial charge in [-0.1, -0.05) is 54.1 Å². The monoisotopic (exact) mass is 284 g/mol. The summed E-state index contributed by atoms with van der Waals surface area (Å²) in [5, 5.41) is 13.2. The molecule has 0 heterocycles. The first-order valence-corrected chi connectivity index (χ1v) is 7.02. The summed E-state index contributed by atoms with van der Waals surface area (Å²) in [6.45, 7) is 2.08. The molecule has 2 atom stereocenters. The van der Waals surface area contributed by atoms with E-state index in [0.717, 1.165) is 16.1 Å². The van der Waals surface area contributed by atoms with Crippen molar-refractivity contribution >= 4 is 11.6 Å². The Balaban J connectivity index is 2.14. The second-order valence-electron chi connectivity index (χ2n) is 4.77. The van der Waals surface area contributed by atoms with Crippen LogP contribution in [0, 0.1) is 11.3 Å². The van der Waals surface area contributed by atoms with Crippen molar-refractivity contribution in [3.63, 3.8) is 0 Å². The van der Waals surface area contributed by atoms with Crippen molar-refractivity contribution < 1.29 is 0 Å². The summed E-state index contributed by atoms with van der Waals surface area (Å²) in [5.74, 6) is 0. The Labute approximate surface area is 125 Å². The van der Waals surface area contributed by atoms with Crippen molar-refractivity contribution in [1.29, 1.82) is 5.26 Å². The Morgan fingerprint density at radius 3 is 2.45 bits per heavy atom. The van der Waals surface area contributed by atoms with Crippen LogP contribution in [0.25, 0.3) is 0 Å². The molecule has 2 nitrogen and oxygen atoms in total. The molecule has 0 aliphatic rings. The maximum atomic E-state index is 9.01. The predicted molar refractivity (Wildman–Crippen MR) is 82.4 cm³/mol. The SMILES string of the molecule is CC(NC(CC#N)c1ccccc1)c1cccc(Cl)c1. The zero-order chi connectivity index (χ0) is 14.4. The number of halogens is 1. The Hall–Kier alpha value is -1.82. The lowest BCUT2D eigenvalue weighted by molar-refractivity contribution is 0.472. The van der Waals surface area contributed by atoms with Crippen molar-refractivity contribution in [3.05, 3.63) is 70.7 Å². The van der Waals surface area contributed by atoms with Crippen LogP contribution in [0.2, 0.25) is 5.02 Å². The summed E-state index contributed by atoms with van der Waals surface area (Å²) in [5.41, 5.74) is 2.25. The van der Waals surface area contributed by atoms with Gasteiger partial charge in [-0.05, 0) is 30.2 Å². The molecule has 0 fully saturated rings. The fourth-order valence-electron chi connectivity index (χ4n) is 2.22. The molecule has 1 N–H and O–H groups in total. The molecule has 2 rings (SSSR count). The van der Waals surface area contributed by atoms with Crippen LogP contribution in [0.1, 0.15) is 36.6 Å². The average Bonchev–Trinajstić information content (AvgIpc) is 2.47. The van der Waals surface area contributed by atoms with Gasteiger partial charge in [-0.3, -0.25) is 0 Å². The molecule has 3 heteroatoms. The number of hydrogen-bond donors (Lipinski definition) is 1. The summed E-state index contributed by atoms with van der Waals surface area (Å²) in [6, 6.07) is 20.2. The largest absolute Gasteiger partial charge is 0.302 e. The van der Waals surface area contributed by atoms with Crippen molar-refractivity contribution in [2.24, 2.45) is 0 Å². The van der Waals surface area contributed by atoms with Gasteiger partial charge in [0.25, 0.3) is 0 Å². The minimum atomic E-state index is 0.0233. The van der Waals surface area contributed by atoms with E-state index in [2.05, 4.69) is 18.3 Å². The van der Waals surface area contributed by atoms with Gasteiger partial charge in [0.05, 0.1) is 12.5 Å². The Bertz CT molecular complexity index is 589. The topological polar surface area (TPSA) is 35.8 Å². The van der Waals surface area contributed by atoms with Crippen molar-refractivity contribution in [2.45, 2.75) is 25.4 Å². The average molecular weight is 285 g/mol. The summed E-state index contributed by atoms with van der Waals surface area (Å²) >= 11 is 6.02. The van der Waals surface area contributed by atoms with Crippen LogP contribution < -0.4 is 5.32 Å². The molecule has 0 amide bonds. The minimum absolute atomic E-state index is 0.0233. The first-order chi connectivity index (χ1) is 9.70. The van der Waals surface area contributed by atoms with Crippen LogP contribution in [0.3, 0.4) is 0 Å². The zero-order valence-electron chi connectivity index (χ0n) is 11.4. The van der Waals surface area contributed by atoms with Gasteiger partial charge < -0.3 is 5.32 Å². The van der Waals surface area contributed by atoms with Gasteiger partial charge in [0, 0.05) is 17.1 Å². The van der Waals surface area contributed by atoms with Crippen LogP contribution in [0.15, 0.2) is 54.6 Å². The third-order valence-electron chi connectivity index (χ3n) is 3.30. The standard InChI is InChI=1S/C17H17ClN2/c1-13(15-8-5-9-16(18)12-15)20-17(10-11-19)14-6-3-2-4-7-14/h2-9,12-13,17,20H,10H2,1H3. The number of hydrogen-bond acceptors (Lipinski definition) is 2. The quantitative estimate of drug-likeness (QED) is 0.868. The molecule has 102 valence electrons. The van der Waals surface area contributed by atoms with Gasteiger partial charge in [-0.15, -0.1) is 0 Å². The van der Waals surface area contributed by atoms with E-state index in [0.29, 0.717) is 6.42 Å². The molecule has 0 aliphatic carbocycles. The lowest BCUT2D eigenvalue weighted by Gasteiger charge is -2.22. The molecule has 2 aromatic rings. The van der Waals surface area contributed by atoms with Gasteiger partial charge in [0.1, 0.15) is 0 Å². The normalized spacial score (nSPS) is 13.4. The Morgan fingerprint density at radius 1 is 1.10 bits per heavy atom. The molecule has 0 aromatic heterocycles. The van der Waals surface area contributed by atoms with Gasteiger partial charge in [-0.25, -0.2) is 0 Å². The van der Waals surface area contributed by atoms with Crippen LogP contribution in [0.4, 0.5) is 0 Å². The van der Waals surface area contributed by atoms with Crippen LogP contribution in [0.5, 0.6) is 0 Å². The molecular formula is C17H17ClN2. The van der Waals surface area contributed by atoms with E-state index in [9.17, 15) is 0 Å². The van der Waals surface area contributed by atoms with Gasteiger partial charge in [0.2, 0.25) is 0 Å². The highest BCUT2D eigenvalue weighted by molar-refractivity contribution is 6.30. The highest BCUT2D eigenvalue weighted by atomic mass is 35.5. The lowest BCUT2D eigenvalue weighted by atomic mass is 10.0. The second-order valence-corrected chi connectivity index (χ2v) is 5.21. The summed E-state index contributed by atoms with van der Waals surface area (Å²) in [6.07, 6.45) is 0.439. The number of rotatable bonds is 5. The van der Waals surface area contributed by atoms with Gasteiger partial charge >= 0.3 is 0 Å². The van der Waals surface area contributed by atoms with Crippen molar-refractivity contribution in [3.8, 4) is 6.07 Å². The van der Waals surface area contributed by atoms with Crippen LogP contribution >= 0.6 is 11.6 Å². The van der Waals surface area contributed by atoms with Crippen molar-refractivity contribution in [2.75, 3.05) is 0 Å². The number of nitrogens with zero attached hydrogens (tertiary/aromatic N) is 1. The second kappa shape index (κ2) is 7.09. The van der Waals surface area contributed by atoms with E-state index in [4.69, 9.17) is 16.9 Å². The fraction of sp³-hybridized carbons (Fsp3) is 0.235. The summed E-state index contributed by atoms with van der Waals surface area (Å²) in [7, 11) is 0. The molecule has 0 saturated heterocycles. The van der Waals surface area contributed by atoms with Gasteiger partial charge in [0.15, 0.2) is 0 Å². The maximum absolute atomic E-state index is 9.01. The van der Waals surface area contributed by atoms with E-state index in [1.807, 2.05) is 54.6 Å². The van der Waals surface area contributed by atoms with E-state index in [1.165, 1.54) is 0 Å². The predicted octanol–water partition coefficient (Wildman–Crippen LogP) is 4.65. The molecule has 0 spiro atoms. The first kappa shape index (κ1) is 14.6. The van der Waals surface area contributed by atoms with Crippen LogP contribution in [-0.4, -0.2) is 0 Å². The molecular weight excluding hydrogens is 268 g/mol. The third kappa shape index (κ3) is 3.84. The third-order valence-corrected chi connectivity index (χ3v) is 3.53. The molecule has 0 bridgehead atoms. The minimum Gasteiger partial charge on any atom is -0.302 e. The first-order valence-electron chi connectivity index (χ1n) is 6.64. The Kier molecular flexibility index (Phi) is 5.17. The molecule has 20 heavy (non-hydrogen) atoms. The number of nitriles is 1. The van der Waals surface area contributed by atoms with E-state index in [1.54, 1.807) is 0 Å². The lowest BCUT2D eigenvalue weighted by Crippen LogP contribution is -2.24. The zero-order valence-corrected chi connectivity index (χ0v) is 12.1. The van der Waals surface area contributed by atoms with Crippen molar-refractivity contribution in [1.82, 2.24) is 5.32 Å². The molecule has 0 aliphatic heterocycles. The van der Waals surface area contributed by atoms with Gasteiger partial charge in [-0.2, -0.15) is 5.26 Å². The molecule has 0 saturated carbocycles. The molecule has 2 unspecified atom stereocenters. The molecule has 2 aromatic carbocycles. The fourth-order valence-corrected chi connectivity index (χ4v) is 2.42. The van der Waals surface area contributed by atoms with E-state index in [-0.39, 0.29) is 12.1 Å². The summed E-state index contributed by atoms with van der Waals surface area (Å²) < 4.78 is 0. The molecule has 0 radical (unpaired) electrons. The summed E-state index contributed by atoms with van der Waals surface area (Å²) in [4.78, 5) is 0. The smallest absolute Gasteiger partial charge is 0.0641 e. The highest BCUT2D eigenvalue weighted by Crippen LogP contribution is 2.23. The Morgan fingerprint density at radius 2 is 1.80 bits per heavy atom. The number of nitrogens with one attached hydrogen (secondary N) is 1. The maximum Gasteiger partial charge on any atom is 0.0641 e. The van der Waals surface area contributed by atoms with Crippen LogP contribution in [-0.2, 0) is 0 Å². The number of benzene rings is 2.